The standard InChI is InChI=1S/C32H26N4O6/c1-5-17-19(12-37)24-11-22-14(3)18(6-7-25(38)39)29(35-22)27-28(32(41)42)31(40)26-15(4)21(36-30(26)27)9-16-8-13(2)20(33-16)10-23(17)34-24/h5,8-12,28,33,37H,1,6-7H2,2-4H3,(H,38,39)(H,41,42)/b16-9?,19-12+,20-10?,22-11?/t28-/m0/s1. The monoisotopic (exact) mass is 562 g/mol. The summed E-state index contributed by atoms with van der Waals surface area (Å²) in [5.74, 6) is -4.48. The van der Waals surface area contributed by atoms with E-state index in [1.54, 1.807) is 32.1 Å². The summed E-state index contributed by atoms with van der Waals surface area (Å²) in [6.45, 7) is 9.34. The molecule has 42 heavy (non-hydrogen) atoms. The molecule has 1 atom stereocenters. The van der Waals surface area contributed by atoms with Crippen LogP contribution in [-0.4, -0.2) is 55.2 Å². The van der Waals surface area contributed by atoms with E-state index in [1.807, 2.05) is 19.1 Å². The number of aliphatic hydroxyl groups is 1. The maximum atomic E-state index is 13.6. The van der Waals surface area contributed by atoms with E-state index in [-0.39, 0.29) is 35.4 Å². The lowest BCUT2D eigenvalue weighted by atomic mass is 9.89. The number of aryl methyl sites for hydroxylation is 1. The van der Waals surface area contributed by atoms with Crippen molar-refractivity contribution in [3.63, 3.8) is 0 Å². The second-order valence-corrected chi connectivity index (χ2v) is 10.5. The largest absolute Gasteiger partial charge is 0.515 e. The Morgan fingerprint density at radius 3 is 2.48 bits per heavy atom. The van der Waals surface area contributed by atoms with Crippen LogP contribution in [0.3, 0.4) is 0 Å². The summed E-state index contributed by atoms with van der Waals surface area (Å²) in [7, 11) is 0. The lowest BCUT2D eigenvalue weighted by Gasteiger charge is -2.13. The van der Waals surface area contributed by atoms with Gasteiger partial charge in [0.15, 0.2) is 5.78 Å². The average molecular weight is 563 g/mol. The van der Waals surface area contributed by atoms with E-state index in [0.717, 1.165) is 17.2 Å². The number of aromatic amines is 1. The van der Waals surface area contributed by atoms with E-state index < -0.39 is 23.6 Å². The minimum atomic E-state index is -1.54. The van der Waals surface area contributed by atoms with E-state index in [2.05, 4.69) is 11.6 Å². The minimum Gasteiger partial charge on any atom is -0.515 e. The number of carbonyl (C=O) groups excluding carboxylic acids is 1. The number of hydrogen-bond acceptors (Lipinski definition) is 7. The summed E-state index contributed by atoms with van der Waals surface area (Å²) >= 11 is 0. The number of aliphatic carboxylic acids is 2. The third-order valence-electron chi connectivity index (χ3n) is 8.07. The Hall–Kier alpha value is -5.38. The van der Waals surface area contributed by atoms with Crippen LogP contribution in [0.15, 0.2) is 102 Å². The highest BCUT2D eigenvalue weighted by molar-refractivity contribution is 6.35. The first-order chi connectivity index (χ1) is 20.0. The Morgan fingerprint density at radius 2 is 1.81 bits per heavy atom. The molecule has 4 N–H and O–H groups in total. The fraction of sp³-hybridized carbons (Fsp3) is 0.188. The van der Waals surface area contributed by atoms with Crippen LogP contribution in [0.25, 0.3) is 12.2 Å². The molecule has 0 amide bonds. The SMILES string of the molecule is C=CC1=C2C=c3[nH]c(cc3C)=CC3=NC4=C(C5=NC(=CC(=N2)/C1=C/O)C(C)=C5CCC(=O)O)[C@H](C(=O)O)C(=O)C4=C3C. The number of H-pyrrole nitrogens is 1. The highest BCUT2D eigenvalue weighted by atomic mass is 16.4. The highest BCUT2D eigenvalue weighted by Crippen LogP contribution is 2.45. The zero-order chi connectivity index (χ0) is 30.0. The first kappa shape index (κ1) is 26.8. The number of nitrogens with one attached hydrogen (secondary N) is 1. The summed E-state index contributed by atoms with van der Waals surface area (Å²) in [5.41, 5.74) is 6.35. The predicted octanol–water partition coefficient (Wildman–Crippen LogP) is 3.06. The molecule has 1 aromatic heterocycles. The molecule has 5 heterocycles. The number of allylic oxidation sites excluding steroid dienone is 9. The first-order valence-electron chi connectivity index (χ1n) is 13.3. The van der Waals surface area contributed by atoms with Gasteiger partial charge >= 0.3 is 11.9 Å². The van der Waals surface area contributed by atoms with E-state index in [1.165, 1.54) is 0 Å². The summed E-state index contributed by atoms with van der Waals surface area (Å²) in [4.78, 5) is 55.3. The molecule has 0 aromatic carbocycles. The normalized spacial score (nSPS) is 21.9. The van der Waals surface area contributed by atoms with E-state index in [9.17, 15) is 29.7 Å². The fourth-order valence-corrected chi connectivity index (χ4v) is 5.94. The van der Waals surface area contributed by atoms with Crippen molar-refractivity contribution in [3.05, 3.63) is 103 Å². The molecule has 0 spiro atoms. The second kappa shape index (κ2) is 9.62. The number of carbonyl (C=O) groups is 3. The molecule has 0 radical (unpaired) electrons. The van der Waals surface area contributed by atoms with Crippen molar-refractivity contribution in [2.75, 3.05) is 0 Å². The van der Waals surface area contributed by atoms with E-state index in [4.69, 9.17) is 15.0 Å². The first-order valence-corrected chi connectivity index (χ1v) is 13.3. The molecule has 5 aliphatic rings. The average Bonchev–Trinajstić information content (AvgIpc) is 3.69. The second-order valence-electron chi connectivity index (χ2n) is 10.5. The van der Waals surface area contributed by atoms with Gasteiger partial charge in [-0.3, -0.25) is 14.4 Å². The van der Waals surface area contributed by atoms with Gasteiger partial charge < -0.3 is 20.3 Å². The minimum absolute atomic E-state index is 0.0595. The van der Waals surface area contributed by atoms with Crippen molar-refractivity contribution in [3.8, 4) is 0 Å². The Balaban J connectivity index is 1.72. The number of aromatic nitrogens is 1. The van der Waals surface area contributed by atoms with Crippen LogP contribution in [-0.2, 0) is 14.4 Å². The molecule has 4 aliphatic heterocycles. The van der Waals surface area contributed by atoms with Crippen molar-refractivity contribution in [1.29, 1.82) is 0 Å². The zero-order valence-electron chi connectivity index (χ0n) is 23.1. The molecule has 8 bridgehead atoms. The van der Waals surface area contributed by atoms with E-state index in [0.29, 0.717) is 56.0 Å². The number of Topliss-reactive ketones (excluding diaryl/α,β-unsaturated/α-hetero) is 1. The molecule has 6 rings (SSSR count). The number of aliphatic imine (C=N–C) groups is 3. The van der Waals surface area contributed by atoms with Crippen LogP contribution in [0, 0.1) is 12.8 Å². The van der Waals surface area contributed by atoms with Gasteiger partial charge in [0.05, 0.1) is 40.5 Å². The highest BCUT2D eigenvalue weighted by Gasteiger charge is 2.48. The smallest absolute Gasteiger partial charge is 0.319 e. The van der Waals surface area contributed by atoms with Gasteiger partial charge in [-0.05, 0) is 73.8 Å². The van der Waals surface area contributed by atoms with Crippen LogP contribution in [0.5, 0.6) is 0 Å². The molecule has 0 saturated carbocycles. The molecule has 0 saturated heterocycles. The van der Waals surface area contributed by atoms with Crippen molar-refractivity contribution in [2.24, 2.45) is 20.9 Å². The van der Waals surface area contributed by atoms with Gasteiger partial charge in [-0.25, -0.2) is 15.0 Å². The van der Waals surface area contributed by atoms with Crippen LogP contribution in [0.4, 0.5) is 0 Å². The van der Waals surface area contributed by atoms with Crippen molar-refractivity contribution in [1.82, 2.24) is 4.98 Å². The lowest BCUT2D eigenvalue weighted by Crippen LogP contribution is -2.26. The molecule has 210 valence electrons. The van der Waals surface area contributed by atoms with Gasteiger partial charge in [0.1, 0.15) is 5.92 Å². The van der Waals surface area contributed by atoms with Gasteiger partial charge in [0.2, 0.25) is 0 Å². The maximum absolute atomic E-state index is 13.6. The lowest BCUT2D eigenvalue weighted by molar-refractivity contribution is -0.143. The summed E-state index contributed by atoms with van der Waals surface area (Å²) in [5, 5.41) is 31.3. The number of carboxylic acids is 2. The number of rotatable bonds is 5. The Morgan fingerprint density at radius 1 is 1.05 bits per heavy atom. The summed E-state index contributed by atoms with van der Waals surface area (Å²) in [6.07, 6.45) is 7.69. The Bertz CT molecular complexity index is 2000. The third-order valence-corrected chi connectivity index (χ3v) is 8.07. The molecule has 1 aliphatic carbocycles. The number of aliphatic hydroxyl groups excluding tert-OH is 1. The maximum Gasteiger partial charge on any atom is 0.319 e. The molecule has 10 nitrogen and oxygen atoms in total. The van der Waals surface area contributed by atoms with Crippen LogP contribution in [0.2, 0.25) is 0 Å². The van der Waals surface area contributed by atoms with Gasteiger partial charge in [-0.1, -0.05) is 12.7 Å². The molecule has 1 aromatic rings. The van der Waals surface area contributed by atoms with Crippen LogP contribution < -0.4 is 10.7 Å². The zero-order valence-corrected chi connectivity index (χ0v) is 23.1. The van der Waals surface area contributed by atoms with E-state index >= 15 is 0 Å². The number of fused-ring (bicyclic) bond motifs is 5. The number of hydrogen-bond donors (Lipinski definition) is 4. The molecular formula is C32H26N4O6. The molecule has 0 fully saturated rings. The Labute approximate surface area is 239 Å². The fourth-order valence-electron chi connectivity index (χ4n) is 5.94. The number of nitrogens with zero attached hydrogens (tertiary/aromatic N) is 3. The van der Waals surface area contributed by atoms with Crippen molar-refractivity contribution >= 4 is 47.0 Å². The van der Waals surface area contributed by atoms with Gasteiger partial charge in [-0.15, -0.1) is 0 Å². The topological polar surface area (TPSA) is 165 Å². The summed E-state index contributed by atoms with van der Waals surface area (Å²) in [6, 6.07) is 1.93. The van der Waals surface area contributed by atoms with Gasteiger partial charge in [0, 0.05) is 39.4 Å². The van der Waals surface area contributed by atoms with Crippen molar-refractivity contribution in [2.45, 2.75) is 33.6 Å². The number of carboxylic acid groups (broad SMARTS) is 2. The van der Waals surface area contributed by atoms with Gasteiger partial charge in [-0.2, -0.15) is 0 Å². The molecule has 0 unspecified atom stereocenters. The Kier molecular flexibility index (Phi) is 6.14. The van der Waals surface area contributed by atoms with Crippen molar-refractivity contribution < 1.29 is 29.7 Å². The molecule has 10 heteroatoms. The predicted molar refractivity (Wildman–Crippen MR) is 157 cm³/mol. The third kappa shape index (κ3) is 3.94. The van der Waals surface area contributed by atoms with Crippen LogP contribution in [0.1, 0.15) is 32.3 Å². The number of ketones is 1. The molecular weight excluding hydrogens is 536 g/mol. The summed E-state index contributed by atoms with van der Waals surface area (Å²) < 4.78 is 0. The van der Waals surface area contributed by atoms with Crippen LogP contribution >= 0.6 is 0 Å². The van der Waals surface area contributed by atoms with Gasteiger partial charge in [0.25, 0.3) is 0 Å². The quantitative estimate of drug-likeness (QED) is 0.318.